The summed E-state index contributed by atoms with van der Waals surface area (Å²) in [6, 6.07) is 7.28. The molecule has 0 saturated carbocycles. The topological polar surface area (TPSA) is 58.4 Å². The Morgan fingerprint density at radius 1 is 1.37 bits per heavy atom. The van der Waals surface area contributed by atoms with Crippen molar-refractivity contribution in [3.63, 3.8) is 0 Å². The summed E-state index contributed by atoms with van der Waals surface area (Å²) >= 11 is 0. The number of benzene rings is 1. The van der Waals surface area contributed by atoms with Crippen LogP contribution in [0, 0.1) is 11.8 Å². The lowest BCUT2D eigenvalue weighted by atomic mass is 10.0. The maximum absolute atomic E-state index is 11.9. The number of likely N-dealkylation sites (tertiary alicyclic amines) is 1. The summed E-state index contributed by atoms with van der Waals surface area (Å²) in [7, 11) is 0. The van der Waals surface area contributed by atoms with Crippen LogP contribution in [0.3, 0.4) is 0 Å². The molecule has 1 saturated heterocycles. The van der Waals surface area contributed by atoms with Crippen molar-refractivity contribution in [2.75, 3.05) is 30.7 Å². The zero-order chi connectivity index (χ0) is 13.8. The molecule has 0 aliphatic carbocycles. The Hall–Kier alpha value is -1.55. The van der Waals surface area contributed by atoms with Gasteiger partial charge in [0, 0.05) is 37.4 Å². The number of carbonyl (C=O) groups is 1. The highest BCUT2D eigenvalue weighted by Gasteiger charge is 2.25. The van der Waals surface area contributed by atoms with E-state index in [1.165, 1.54) is 0 Å². The Balaban J connectivity index is 1.76. The van der Waals surface area contributed by atoms with Crippen molar-refractivity contribution in [1.82, 2.24) is 4.90 Å². The molecule has 1 aromatic carbocycles. The summed E-state index contributed by atoms with van der Waals surface area (Å²) < 4.78 is 0. The first-order valence-electron chi connectivity index (χ1n) is 6.92. The molecule has 2 atom stereocenters. The van der Waals surface area contributed by atoms with E-state index in [4.69, 9.17) is 5.73 Å². The van der Waals surface area contributed by atoms with Gasteiger partial charge in [0.05, 0.1) is 0 Å². The van der Waals surface area contributed by atoms with Gasteiger partial charge < -0.3 is 16.0 Å². The minimum Gasteiger partial charge on any atom is -0.399 e. The largest absolute Gasteiger partial charge is 0.399 e. The molecule has 0 bridgehead atoms. The molecule has 4 heteroatoms. The van der Waals surface area contributed by atoms with Crippen molar-refractivity contribution < 1.29 is 4.79 Å². The number of rotatable bonds is 4. The summed E-state index contributed by atoms with van der Waals surface area (Å²) in [5.41, 5.74) is 7.12. The second kappa shape index (κ2) is 6.06. The molecule has 104 valence electrons. The fraction of sp³-hybridized carbons (Fsp3) is 0.533. The molecule has 1 aliphatic heterocycles. The van der Waals surface area contributed by atoms with Crippen LogP contribution < -0.4 is 11.1 Å². The minimum absolute atomic E-state index is 0.0535. The molecule has 2 unspecified atom stereocenters. The Morgan fingerprint density at radius 2 is 2.05 bits per heavy atom. The average Bonchev–Trinajstić information content (AvgIpc) is 2.66. The normalized spacial score (nSPS) is 23.5. The van der Waals surface area contributed by atoms with Crippen molar-refractivity contribution in [3.05, 3.63) is 24.3 Å². The van der Waals surface area contributed by atoms with E-state index in [9.17, 15) is 4.79 Å². The van der Waals surface area contributed by atoms with Crippen molar-refractivity contribution in [2.45, 2.75) is 20.3 Å². The van der Waals surface area contributed by atoms with E-state index < -0.39 is 0 Å². The lowest BCUT2D eigenvalue weighted by molar-refractivity contribution is -0.116. The minimum atomic E-state index is 0.0535. The van der Waals surface area contributed by atoms with Crippen LogP contribution in [0.5, 0.6) is 0 Å². The highest BCUT2D eigenvalue weighted by Crippen LogP contribution is 2.22. The lowest BCUT2D eigenvalue weighted by Gasteiger charge is -2.15. The lowest BCUT2D eigenvalue weighted by Crippen LogP contribution is -2.26. The third kappa shape index (κ3) is 3.96. The molecule has 2 rings (SSSR count). The van der Waals surface area contributed by atoms with Gasteiger partial charge in [0.15, 0.2) is 0 Å². The van der Waals surface area contributed by atoms with E-state index in [1.807, 2.05) is 18.2 Å². The fourth-order valence-electron chi connectivity index (χ4n) is 2.53. The molecule has 0 radical (unpaired) electrons. The number of nitrogen functional groups attached to an aromatic ring is 1. The van der Waals surface area contributed by atoms with Gasteiger partial charge in [-0.3, -0.25) is 4.79 Å². The predicted molar refractivity (Wildman–Crippen MR) is 78.9 cm³/mol. The Labute approximate surface area is 115 Å². The second-order valence-corrected chi connectivity index (χ2v) is 5.64. The van der Waals surface area contributed by atoms with Gasteiger partial charge in [-0.25, -0.2) is 0 Å². The number of amides is 1. The number of carbonyl (C=O) groups excluding carboxylic acids is 1. The third-order valence-electron chi connectivity index (χ3n) is 3.89. The van der Waals surface area contributed by atoms with Gasteiger partial charge in [-0.15, -0.1) is 0 Å². The monoisotopic (exact) mass is 261 g/mol. The predicted octanol–water partition coefficient (Wildman–Crippen LogP) is 2.19. The van der Waals surface area contributed by atoms with E-state index in [1.54, 1.807) is 6.07 Å². The van der Waals surface area contributed by atoms with Crippen LogP contribution in [-0.4, -0.2) is 30.4 Å². The zero-order valence-electron chi connectivity index (χ0n) is 11.7. The second-order valence-electron chi connectivity index (χ2n) is 5.64. The highest BCUT2D eigenvalue weighted by atomic mass is 16.1. The van der Waals surface area contributed by atoms with Gasteiger partial charge in [-0.05, 0) is 30.0 Å². The van der Waals surface area contributed by atoms with Crippen LogP contribution in [-0.2, 0) is 4.79 Å². The molecule has 1 fully saturated rings. The van der Waals surface area contributed by atoms with Gasteiger partial charge >= 0.3 is 0 Å². The number of nitrogens with two attached hydrogens (primary N) is 1. The smallest absolute Gasteiger partial charge is 0.225 e. The van der Waals surface area contributed by atoms with Crippen molar-refractivity contribution in [1.29, 1.82) is 0 Å². The molecule has 3 N–H and O–H groups in total. The number of hydrogen-bond donors (Lipinski definition) is 2. The van der Waals surface area contributed by atoms with Gasteiger partial charge in [0.2, 0.25) is 5.91 Å². The SMILES string of the molecule is CC1CN(CCC(=O)Nc2cccc(N)c2)CC1C. The highest BCUT2D eigenvalue weighted by molar-refractivity contribution is 5.91. The first-order valence-corrected chi connectivity index (χ1v) is 6.92. The summed E-state index contributed by atoms with van der Waals surface area (Å²) in [4.78, 5) is 14.2. The van der Waals surface area contributed by atoms with Crippen LogP contribution in [0.1, 0.15) is 20.3 Å². The molecule has 19 heavy (non-hydrogen) atoms. The molecule has 0 spiro atoms. The molecule has 1 heterocycles. The zero-order valence-corrected chi connectivity index (χ0v) is 11.7. The summed E-state index contributed by atoms with van der Waals surface area (Å²) in [5.74, 6) is 1.52. The fourth-order valence-corrected chi connectivity index (χ4v) is 2.53. The van der Waals surface area contributed by atoms with Gasteiger partial charge in [0.25, 0.3) is 0 Å². The van der Waals surface area contributed by atoms with Crippen LogP contribution in [0.15, 0.2) is 24.3 Å². The van der Waals surface area contributed by atoms with E-state index in [0.717, 1.165) is 37.2 Å². The third-order valence-corrected chi connectivity index (χ3v) is 3.89. The summed E-state index contributed by atoms with van der Waals surface area (Å²) in [6.45, 7) is 7.59. The quantitative estimate of drug-likeness (QED) is 0.817. The first kappa shape index (κ1) is 13.9. The molecular weight excluding hydrogens is 238 g/mol. The van der Waals surface area contributed by atoms with E-state index in [-0.39, 0.29) is 5.91 Å². The Morgan fingerprint density at radius 3 is 2.68 bits per heavy atom. The Kier molecular flexibility index (Phi) is 4.43. The molecule has 1 amide bonds. The maximum Gasteiger partial charge on any atom is 0.225 e. The molecule has 1 aliphatic rings. The van der Waals surface area contributed by atoms with E-state index in [2.05, 4.69) is 24.1 Å². The Bertz CT molecular complexity index is 437. The van der Waals surface area contributed by atoms with Crippen molar-refractivity contribution in [2.24, 2.45) is 11.8 Å². The first-order chi connectivity index (χ1) is 9.04. The van der Waals surface area contributed by atoms with Crippen molar-refractivity contribution in [3.8, 4) is 0 Å². The van der Waals surface area contributed by atoms with Crippen LogP contribution in [0.4, 0.5) is 11.4 Å². The van der Waals surface area contributed by atoms with E-state index >= 15 is 0 Å². The van der Waals surface area contributed by atoms with Crippen molar-refractivity contribution >= 4 is 17.3 Å². The number of hydrogen-bond acceptors (Lipinski definition) is 3. The maximum atomic E-state index is 11.9. The molecular formula is C15H23N3O. The number of nitrogens with one attached hydrogen (secondary N) is 1. The average molecular weight is 261 g/mol. The van der Waals surface area contributed by atoms with Gasteiger partial charge in [0.1, 0.15) is 0 Å². The molecule has 1 aromatic rings. The van der Waals surface area contributed by atoms with Gasteiger partial charge in [-0.1, -0.05) is 19.9 Å². The van der Waals surface area contributed by atoms with Crippen LogP contribution >= 0.6 is 0 Å². The summed E-state index contributed by atoms with van der Waals surface area (Å²) in [6.07, 6.45) is 0.536. The van der Waals surface area contributed by atoms with Crippen LogP contribution in [0.25, 0.3) is 0 Å². The standard InChI is InChI=1S/C15H23N3O/c1-11-9-18(10-12(11)2)7-6-15(19)17-14-5-3-4-13(16)8-14/h3-5,8,11-12H,6-7,9-10,16H2,1-2H3,(H,17,19). The van der Waals surface area contributed by atoms with Crippen LogP contribution in [0.2, 0.25) is 0 Å². The number of anilines is 2. The van der Waals surface area contributed by atoms with Gasteiger partial charge in [-0.2, -0.15) is 0 Å². The summed E-state index contributed by atoms with van der Waals surface area (Å²) in [5, 5.41) is 2.88. The number of nitrogens with zero attached hydrogens (tertiary/aromatic N) is 1. The molecule has 4 nitrogen and oxygen atoms in total. The molecule has 0 aromatic heterocycles. The van der Waals surface area contributed by atoms with E-state index in [0.29, 0.717) is 12.1 Å².